The van der Waals surface area contributed by atoms with Gasteiger partial charge in [0.05, 0.1) is 12.3 Å². The van der Waals surface area contributed by atoms with Gasteiger partial charge in [-0.2, -0.15) is 0 Å². The van der Waals surface area contributed by atoms with Crippen LogP contribution in [0.2, 0.25) is 10.0 Å². The Morgan fingerprint density at radius 2 is 1.89 bits per heavy atom. The maximum atomic E-state index is 11.9. The summed E-state index contributed by atoms with van der Waals surface area (Å²) < 4.78 is 0. The molecule has 4 nitrogen and oxygen atoms in total. The molecule has 0 aliphatic heterocycles. The lowest BCUT2D eigenvalue weighted by atomic mass is 10.0. The SMILES string of the molecule is C#CCC(CC(=O)O)C(=O)Nc1cc(Cl)cc(Cl)c1. The number of carboxylic acids is 1. The van der Waals surface area contributed by atoms with Gasteiger partial charge >= 0.3 is 5.97 Å². The smallest absolute Gasteiger partial charge is 0.304 e. The molecular weight excluding hydrogens is 289 g/mol. The maximum Gasteiger partial charge on any atom is 0.304 e. The van der Waals surface area contributed by atoms with Crippen LogP contribution >= 0.6 is 23.2 Å². The third kappa shape index (κ3) is 5.21. The summed E-state index contributed by atoms with van der Waals surface area (Å²) in [5.74, 6) is -0.0623. The average molecular weight is 300 g/mol. The highest BCUT2D eigenvalue weighted by atomic mass is 35.5. The summed E-state index contributed by atoms with van der Waals surface area (Å²) in [6, 6.07) is 4.55. The topological polar surface area (TPSA) is 66.4 Å². The van der Waals surface area contributed by atoms with Crippen LogP contribution in [0.25, 0.3) is 0 Å². The number of carbonyl (C=O) groups is 2. The van der Waals surface area contributed by atoms with Crippen molar-refractivity contribution in [2.45, 2.75) is 12.8 Å². The van der Waals surface area contributed by atoms with Crippen LogP contribution in [-0.2, 0) is 9.59 Å². The van der Waals surface area contributed by atoms with E-state index in [1.807, 2.05) is 0 Å². The van der Waals surface area contributed by atoms with Gasteiger partial charge in [0, 0.05) is 22.2 Å². The van der Waals surface area contributed by atoms with Crippen molar-refractivity contribution in [1.82, 2.24) is 0 Å². The summed E-state index contributed by atoms with van der Waals surface area (Å²) >= 11 is 11.6. The van der Waals surface area contributed by atoms with Crippen molar-refractivity contribution in [3.63, 3.8) is 0 Å². The van der Waals surface area contributed by atoms with Crippen LogP contribution in [0.3, 0.4) is 0 Å². The summed E-state index contributed by atoms with van der Waals surface area (Å²) in [7, 11) is 0. The molecule has 6 heteroatoms. The molecule has 0 saturated carbocycles. The van der Waals surface area contributed by atoms with Crippen LogP contribution in [0.15, 0.2) is 18.2 Å². The van der Waals surface area contributed by atoms with Crippen molar-refractivity contribution in [3.05, 3.63) is 28.2 Å². The van der Waals surface area contributed by atoms with E-state index in [0.29, 0.717) is 15.7 Å². The number of anilines is 1. The van der Waals surface area contributed by atoms with Gasteiger partial charge in [-0.25, -0.2) is 0 Å². The number of aliphatic carboxylic acids is 1. The average Bonchev–Trinajstić information content (AvgIpc) is 2.26. The molecule has 0 heterocycles. The Bertz CT molecular complexity index is 517. The van der Waals surface area contributed by atoms with Gasteiger partial charge in [0.25, 0.3) is 0 Å². The van der Waals surface area contributed by atoms with Gasteiger partial charge in [-0.05, 0) is 18.2 Å². The molecule has 1 unspecified atom stereocenters. The standard InChI is InChI=1S/C13H11Cl2NO3/c1-2-3-8(4-12(17)18)13(19)16-11-6-9(14)5-10(15)7-11/h1,5-8H,3-4H2,(H,16,19)(H,17,18). The molecule has 100 valence electrons. The normalized spacial score (nSPS) is 11.4. The fourth-order valence-electron chi connectivity index (χ4n) is 1.48. The first kappa shape index (κ1) is 15.4. The molecule has 0 spiro atoms. The van der Waals surface area contributed by atoms with Gasteiger partial charge < -0.3 is 10.4 Å². The van der Waals surface area contributed by atoms with E-state index in [0.717, 1.165) is 0 Å². The Kier molecular flexibility index (Phi) is 5.68. The second-order valence-corrected chi connectivity index (χ2v) is 4.72. The minimum absolute atomic E-state index is 0.0480. The molecule has 1 rings (SSSR count). The number of benzene rings is 1. The number of halogens is 2. The summed E-state index contributed by atoms with van der Waals surface area (Å²) in [6.45, 7) is 0. The number of amides is 1. The van der Waals surface area contributed by atoms with Gasteiger partial charge in [-0.1, -0.05) is 23.2 Å². The largest absolute Gasteiger partial charge is 0.481 e. The molecule has 0 fully saturated rings. The van der Waals surface area contributed by atoms with Gasteiger partial charge in [0.15, 0.2) is 0 Å². The number of carboxylic acid groups (broad SMARTS) is 1. The Labute approximate surface area is 120 Å². The zero-order valence-corrected chi connectivity index (χ0v) is 11.3. The minimum Gasteiger partial charge on any atom is -0.481 e. The molecule has 0 radical (unpaired) electrons. The number of rotatable bonds is 5. The summed E-state index contributed by atoms with van der Waals surface area (Å²) in [4.78, 5) is 22.6. The second-order valence-electron chi connectivity index (χ2n) is 3.85. The molecule has 19 heavy (non-hydrogen) atoms. The quantitative estimate of drug-likeness (QED) is 0.821. The Morgan fingerprint density at radius 1 is 1.32 bits per heavy atom. The van der Waals surface area contributed by atoms with E-state index in [1.165, 1.54) is 18.2 Å². The van der Waals surface area contributed by atoms with Crippen molar-refractivity contribution >= 4 is 40.8 Å². The van der Waals surface area contributed by atoms with Crippen LogP contribution in [0.5, 0.6) is 0 Å². The third-order valence-corrected chi connectivity index (χ3v) is 2.72. The first-order valence-electron chi connectivity index (χ1n) is 5.34. The summed E-state index contributed by atoms with van der Waals surface area (Å²) in [5, 5.41) is 12.0. The lowest BCUT2D eigenvalue weighted by Gasteiger charge is -2.12. The van der Waals surface area contributed by atoms with Gasteiger partial charge in [0.1, 0.15) is 0 Å². The molecule has 1 amide bonds. The lowest BCUT2D eigenvalue weighted by molar-refractivity contribution is -0.140. The van der Waals surface area contributed by atoms with Crippen LogP contribution in [0, 0.1) is 18.3 Å². The van der Waals surface area contributed by atoms with Crippen LogP contribution in [0.4, 0.5) is 5.69 Å². The highest BCUT2D eigenvalue weighted by molar-refractivity contribution is 6.35. The monoisotopic (exact) mass is 299 g/mol. The van der Waals surface area contributed by atoms with E-state index >= 15 is 0 Å². The van der Waals surface area contributed by atoms with E-state index in [2.05, 4.69) is 11.2 Å². The molecule has 1 aromatic rings. The van der Waals surface area contributed by atoms with Crippen molar-refractivity contribution in [1.29, 1.82) is 0 Å². The molecule has 2 N–H and O–H groups in total. The number of terminal acetylenes is 1. The van der Waals surface area contributed by atoms with E-state index < -0.39 is 17.8 Å². The maximum absolute atomic E-state index is 11.9. The fourth-order valence-corrected chi connectivity index (χ4v) is 2.01. The molecular formula is C13H11Cl2NO3. The first-order chi connectivity index (χ1) is 8.92. The molecule has 0 aromatic heterocycles. The zero-order valence-electron chi connectivity index (χ0n) is 9.82. The minimum atomic E-state index is -1.08. The van der Waals surface area contributed by atoms with Crippen molar-refractivity contribution in [3.8, 4) is 12.3 Å². The van der Waals surface area contributed by atoms with Crippen LogP contribution < -0.4 is 5.32 Å². The molecule has 0 aliphatic carbocycles. The number of hydrogen-bond donors (Lipinski definition) is 2. The van der Waals surface area contributed by atoms with E-state index in [-0.39, 0.29) is 12.8 Å². The predicted molar refractivity (Wildman–Crippen MR) is 74.3 cm³/mol. The molecule has 1 aromatic carbocycles. The number of hydrogen-bond acceptors (Lipinski definition) is 2. The molecule has 0 aliphatic rings. The molecule has 0 saturated heterocycles. The second kappa shape index (κ2) is 7.03. The Hall–Kier alpha value is -1.70. The summed E-state index contributed by atoms with van der Waals surface area (Å²) in [5.41, 5.74) is 0.398. The van der Waals surface area contributed by atoms with Crippen molar-refractivity contribution in [2.75, 3.05) is 5.32 Å². The number of carbonyl (C=O) groups excluding carboxylic acids is 1. The van der Waals surface area contributed by atoms with Crippen LogP contribution in [-0.4, -0.2) is 17.0 Å². The summed E-state index contributed by atoms with van der Waals surface area (Å²) in [6.07, 6.45) is 4.84. The van der Waals surface area contributed by atoms with E-state index in [4.69, 9.17) is 34.7 Å². The molecule has 1 atom stereocenters. The predicted octanol–water partition coefficient (Wildman–Crippen LogP) is 3.05. The highest BCUT2D eigenvalue weighted by Crippen LogP contribution is 2.23. The van der Waals surface area contributed by atoms with E-state index in [1.54, 1.807) is 0 Å². The first-order valence-corrected chi connectivity index (χ1v) is 6.10. The van der Waals surface area contributed by atoms with Gasteiger partial charge in [-0.3, -0.25) is 9.59 Å². The third-order valence-electron chi connectivity index (χ3n) is 2.29. The van der Waals surface area contributed by atoms with Crippen LogP contribution in [0.1, 0.15) is 12.8 Å². The van der Waals surface area contributed by atoms with Gasteiger partial charge in [0.2, 0.25) is 5.91 Å². The highest BCUT2D eigenvalue weighted by Gasteiger charge is 2.21. The van der Waals surface area contributed by atoms with Crippen molar-refractivity contribution < 1.29 is 14.7 Å². The van der Waals surface area contributed by atoms with Gasteiger partial charge in [-0.15, -0.1) is 12.3 Å². The molecule has 0 bridgehead atoms. The van der Waals surface area contributed by atoms with E-state index in [9.17, 15) is 9.59 Å². The lowest BCUT2D eigenvalue weighted by Crippen LogP contribution is -2.25. The Morgan fingerprint density at radius 3 is 2.37 bits per heavy atom. The zero-order chi connectivity index (χ0) is 14.4. The Balaban J connectivity index is 2.81. The number of nitrogens with one attached hydrogen (secondary N) is 1. The fraction of sp³-hybridized carbons (Fsp3) is 0.231. The van der Waals surface area contributed by atoms with Crippen molar-refractivity contribution in [2.24, 2.45) is 5.92 Å².